The molecule has 30 heavy (non-hydrogen) atoms. The zero-order chi connectivity index (χ0) is 21.1. The van der Waals surface area contributed by atoms with Crippen molar-refractivity contribution >= 4 is 44.9 Å². The van der Waals surface area contributed by atoms with Crippen LogP contribution < -0.4 is 10.6 Å². The van der Waals surface area contributed by atoms with Crippen LogP contribution in [-0.2, 0) is 22.4 Å². The zero-order valence-corrected chi connectivity index (χ0v) is 16.4. The van der Waals surface area contributed by atoms with Gasteiger partial charge in [0.05, 0.1) is 23.9 Å². The number of carbonyl (C=O) groups excluding carboxylic acids is 2. The minimum Gasteiger partial charge on any atom is -0.323 e. The summed E-state index contributed by atoms with van der Waals surface area (Å²) in [7, 11) is 0. The van der Waals surface area contributed by atoms with Crippen LogP contribution in [0.3, 0.4) is 0 Å². The summed E-state index contributed by atoms with van der Waals surface area (Å²) in [6.45, 7) is 0. The molecule has 0 spiro atoms. The van der Waals surface area contributed by atoms with Crippen LogP contribution in [0.5, 0.6) is 0 Å². The second-order valence-corrected chi connectivity index (χ2v) is 7.67. The highest BCUT2D eigenvalue weighted by Gasteiger charge is 2.16. The van der Waals surface area contributed by atoms with Gasteiger partial charge in [-0.25, -0.2) is 8.78 Å². The number of fused-ring (bicyclic) bond motifs is 1. The average Bonchev–Trinajstić information content (AvgIpc) is 3.26. The first-order valence-electron chi connectivity index (χ1n) is 9.04. The Bertz CT molecular complexity index is 1230. The van der Waals surface area contributed by atoms with E-state index in [-0.39, 0.29) is 24.4 Å². The maximum Gasteiger partial charge on any atom is 0.230 e. The number of para-hydroxylation sites is 1. The van der Waals surface area contributed by atoms with E-state index in [2.05, 4.69) is 20.8 Å². The van der Waals surface area contributed by atoms with Gasteiger partial charge in [0.25, 0.3) is 0 Å². The molecule has 0 fully saturated rings. The molecule has 0 unspecified atom stereocenters. The van der Waals surface area contributed by atoms with Crippen LogP contribution in [0.15, 0.2) is 54.6 Å². The number of H-pyrrole nitrogens is 1. The van der Waals surface area contributed by atoms with E-state index in [9.17, 15) is 18.4 Å². The van der Waals surface area contributed by atoms with Crippen LogP contribution in [0.4, 0.5) is 20.3 Å². The molecule has 0 aliphatic rings. The molecule has 0 radical (unpaired) electrons. The van der Waals surface area contributed by atoms with Gasteiger partial charge in [0.2, 0.25) is 11.8 Å². The molecule has 152 valence electrons. The summed E-state index contributed by atoms with van der Waals surface area (Å²) in [5.74, 6) is -1.33. The maximum atomic E-state index is 13.7. The molecule has 2 amide bonds. The Kier molecular flexibility index (Phi) is 5.53. The van der Waals surface area contributed by atoms with E-state index in [1.807, 2.05) is 0 Å². The Hall–Kier alpha value is -3.59. The van der Waals surface area contributed by atoms with Crippen molar-refractivity contribution in [2.24, 2.45) is 0 Å². The lowest BCUT2D eigenvalue weighted by atomic mass is 10.1. The molecule has 0 saturated heterocycles. The van der Waals surface area contributed by atoms with Crippen LogP contribution in [0.2, 0.25) is 0 Å². The monoisotopic (exact) mass is 426 g/mol. The third kappa shape index (κ3) is 4.36. The van der Waals surface area contributed by atoms with Crippen molar-refractivity contribution in [1.82, 2.24) is 10.2 Å². The fourth-order valence-electron chi connectivity index (χ4n) is 2.96. The standard InChI is InChI=1S/C21H16F2N4O2S/c22-15-6-2-1-5-12(15)9-18(28)25-20-14-10-13(30-21(14)27-26-20)11-19(29)24-17-8-4-3-7-16(17)23/h1-8,10H,9,11H2,(H,24,29)(H2,25,26,27,28). The van der Waals surface area contributed by atoms with Crippen molar-refractivity contribution in [2.45, 2.75) is 12.8 Å². The number of halogens is 2. The minimum atomic E-state index is -0.507. The molecule has 0 aliphatic heterocycles. The number of aromatic amines is 1. The third-order valence-electron chi connectivity index (χ3n) is 4.36. The molecule has 2 heterocycles. The number of rotatable bonds is 6. The smallest absolute Gasteiger partial charge is 0.230 e. The number of hydrogen-bond acceptors (Lipinski definition) is 4. The van der Waals surface area contributed by atoms with E-state index < -0.39 is 17.5 Å². The summed E-state index contributed by atoms with van der Waals surface area (Å²) in [5.41, 5.74) is 0.409. The zero-order valence-electron chi connectivity index (χ0n) is 15.5. The van der Waals surface area contributed by atoms with Crippen LogP contribution >= 0.6 is 11.3 Å². The topological polar surface area (TPSA) is 86.9 Å². The number of amides is 2. The second kappa shape index (κ2) is 8.42. The van der Waals surface area contributed by atoms with Crippen LogP contribution in [0, 0.1) is 11.6 Å². The van der Waals surface area contributed by atoms with Crippen molar-refractivity contribution in [3.63, 3.8) is 0 Å². The third-order valence-corrected chi connectivity index (χ3v) is 5.39. The van der Waals surface area contributed by atoms with E-state index in [1.54, 1.807) is 36.4 Å². The number of carbonyl (C=O) groups is 2. The lowest BCUT2D eigenvalue weighted by Crippen LogP contribution is -2.15. The van der Waals surface area contributed by atoms with Gasteiger partial charge >= 0.3 is 0 Å². The van der Waals surface area contributed by atoms with Crippen molar-refractivity contribution in [3.05, 3.63) is 76.7 Å². The quantitative estimate of drug-likeness (QED) is 0.430. The van der Waals surface area contributed by atoms with Crippen molar-refractivity contribution < 1.29 is 18.4 Å². The van der Waals surface area contributed by atoms with Crippen LogP contribution in [0.25, 0.3) is 10.2 Å². The van der Waals surface area contributed by atoms with Gasteiger partial charge in [-0.2, -0.15) is 5.10 Å². The van der Waals surface area contributed by atoms with Crippen LogP contribution in [-0.4, -0.2) is 22.0 Å². The molecule has 0 bridgehead atoms. The maximum absolute atomic E-state index is 13.7. The number of benzene rings is 2. The first kappa shape index (κ1) is 19.7. The molecular weight excluding hydrogens is 410 g/mol. The molecule has 2 aromatic carbocycles. The summed E-state index contributed by atoms with van der Waals surface area (Å²) in [5, 5.41) is 12.7. The molecule has 9 heteroatoms. The van der Waals surface area contributed by atoms with Gasteiger partial charge in [0, 0.05) is 4.88 Å². The summed E-state index contributed by atoms with van der Waals surface area (Å²) in [6, 6.07) is 13.7. The number of thiophene rings is 1. The number of hydrogen-bond donors (Lipinski definition) is 3. The highest BCUT2D eigenvalue weighted by molar-refractivity contribution is 7.18. The Morgan fingerprint density at radius 3 is 2.40 bits per heavy atom. The Balaban J connectivity index is 1.43. The molecule has 3 N–H and O–H groups in total. The number of nitrogens with zero attached hydrogens (tertiary/aromatic N) is 1. The summed E-state index contributed by atoms with van der Waals surface area (Å²) < 4.78 is 27.4. The summed E-state index contributed by atoms with van der Waals surface area (Å²) in [6.07, 6.45) is -0.0762. The van der Waals surface area contributed by atoms with E-state index in [0.717, 1.165) is 0 Å². The van der Waals surface area contributed by atoms with E-state index in [4.69, 9.17) is 0 Å². The molecule has 4 rings (SSSR count). The van der Waals surface area contributed by atoms with Gasteiger partial charge in [0.1, 0.15) is 22.3 Å². The fraction of sp³-hybridized carbons (Fsp3) is 0.0952. The minimum absolute atomic E-state index is 0.0397. The van der Waals surface area contributed by atoms with E-state index in [0.29, 0.717) is 26.5 Å². The number of aromatic nitrogens is 2. The van der Waals surface area contributed by atoms with Gasteiger partial charge in [-0.05, 0) is 29.8 Å². The predicted molar refractivity (Wildman–Crippen MR) is 111 cm³/mol. The van der Waals surface area contributed by atoms with Crippen molar-refractivity contribution in [3.8, 4) is 0 Å². The molecule has 2 aromatic heterocycles. The summed E-state index contributed by atoms with van der Waals surface area (Å²) >= 11 is 1.29. The molecular formula is C21H16F2N4O2S. The second-order valence-electron chi connectivity index (χ2n) is 6.55. The highest BCUT2D eigenvalue weighted by atomic mass is 32.1. The van der Waals surface area contributed by atoms with Crippen molar-refractivity contribution in [2.75, 3.05) is 10.6 Å². The molecule has 6 nitrogen and oxygen atoms in total. The lowest BCUT2D eigenvalue weighted by molar-refractivity contribution is -0.116. The van der Waals surface area contributed by atoms with Gasteiger partial charge < -0.3 is 10.6 Å². The Morgan fingerprint density at radius 1 is 0.933 bits per heavy atom. The molecule has 4 aromatic rings. The van der Waals surface area contributed by atoms with E-state index in [1.165, 1.54) is 29.5 Å². The van der Waals surface area contributed by atoms with Gasteiger partial charge in [-0.15, -0.1) is 11.3 Å². The summed E-state index contributed by atoms with van der Waals surface area (Å²) in [4.78, 5) is 25.8. The predicted octanol–water partition coefficient (Wildman–Crippen LogP) is 4.27. The first-order valence-corrected chi connectivity index (χ1v) is 9.85. The van der Waals surface area contributed by atoms with Crippen LogP contribution in [0.1, 0.15) is 10.4 Å². The molecule has 0 saturated carbocycles. The number of nitrogens with one attached hydrogen (secondary N) is 3. The average molecular weight is 426 g/mol. The first-order chi connectivity index (χ1) is 14.5. The highest BCUT2D eigenvalue weighted by Crippen LogP contribution is 2.30. The molecule has 0 aliphatic carbocycles. The van der Waals surface area contributed by atoms with Crippen molar-refractivity contribution in [1.29, 1.82) is 0 Å². The van der Waals surface area contributed by atoms with Gasteiger partial charge in [-0.3, -0.25) is 14.7 Å². The largest absolute Gasteiger partial charge is 0.323 e. The Labute approximate surface area is 173 Å². The SMILES string of the molecule is O=C(Cc1cc2c(NC(=O)Cc3ccccc3F)[nH]nc2s1)Nc1ccccc1F. The van der Waals surface area contributed by atoms with Gasteiger partial charge in [0.15, 0.2) is 0 Å². The van der Waals surface area contributed by atoms with Gasteiger partial charge in [-0.1, -0.05) is 30.3 Å². The molecule has 0 atom stereocenters. The number of anilines is 2. The Morgan fingerprint density at radius 2 is 1.63 bits per heavy atom. The fourth-order valence-corrected chi connectivity index (χ4v) is 3.95. The van der Waals surface area contributed by atoms with E-state index >= 15 is 0 Å². The lowest BCUT2D eigenvalue weighted by Gasteiger charge is -2.05. The normalized spacial score (nSPS) is 10.9.